The van der Waals surface area contributed by atoms with Crippen LogP contribution in [-0.4, -0.2) is 69.9 Å². The molecule has 6 rings (SSSR count). The molecule has 12 heteroatoms. The highest BCUT2D eigenvalue weighted by molar-refractivity contribution is 6.77. The van der Waals surface area contributed by atoms with Crippen LogP contribution in [0.5, 0.6) is 0 Å². The molecule has 4 atom stereocenters. The molecule has 1 amide bonds. The summed E-state index contributed by atoms with van der Waals surface area (Å²) in [6, 6.07) is 28.7. The normalized spacial score (nSPS) is 20.5. The number of anilines is 1. The van der Waals surface area contributed by atoms with Gasteiger partial charge in [-0.05, 0) is 39.9 Å². The minimum atomic E-state index is -2.42. The number of carbonyl (C=O) groups excluding carboxylic acids is 1. The van der Waals surface area contributed by atoms with Gasteiger partial charge in [0.1, 0.15) is 24.1 Å². The highest BCUT2D eigenvalue weighted by atomic mass is 28.4. The number of hydrogen-bond donors (Lipinski definition) is 2. The standard InChI is InChI=1S/C41H51N5O6Si/c1-28(2)53(29(3)4,30(5)6)51-25-41(24-49-22-31-16-10-7-11-17-31)36(50-23-32-18-12-8-13-19-32)35(47)40(52-41)46-27-44-34-37(42-26-43-38(34)46)45-39(48)33-20-14-9-15-21-33/h7-21,26-30,35-36,40,47H,22-25H2,1-6H3,(H,42,43,45,48)/t35-,36+,40-,41+/m1/s1. The zero-order chi connectivity index (χ0) is 37.6. The van der Waals surface area contributed by atoms with Crippen LogP contribution in [0.4, 0.5) is 5.82 Å². The Morgan fingerprint density at radius 1 is 0.830 bits per heavy atom. The Balaban J connectivity index is 1.38. The van der Waals surface area contributed by atoms with Crippen LogP contribution in [0.1, 0.15) is 69.3 Å². The van der Waals surface area contributed by atoms with Gasteiger partial charge in [0, 0.05) is 5.56 Å². The lowest BCUT2D eigenvalue weighted by molar-refractivity contribution is -0.172. The van der Waals surface area contributed by atoms with Crippen LogP contribution in [0, 0.1) is 0 Å². The maximum atomic E-state index is 13.1. The molecule has 3 heterocycles. The van der Waals surface area contributed by atoms with E-state index < -0.39 is 32.4 Å². The Hall–Kier alpha value is -4.30. The monoisotopic (exact) mass is 737 g/mol. The average Bonchev–Trinajstić information content (AvgIpc) is 3.70. The van der Waals surface area contributed by atoms with Crippen molar-refractivity contribution in [1.29, 1.82) is 0 Å². The lowest BCUT2D eigenvalue weighted by Gasteiger charge is -2.45. The molecule has 5 aromatic rings. The Morgan fingerprint density at radius 3 is 2.02 bits per heavy atom. The van der Waals surface area contributed by atoms with E-state index in [9.17, 15) is 9.90 Å². The van der Waals surface area contributed by atoms with Crippen LogP contribution in [0.25, 0.3) is 11.2 Å². The van der Waals surface area contributed by atoms with Gasteiger partial charge in [-0.2, -0.15) is 0 Å². The third-order valence-electron chi connectivity index (χ3n) is 10.4. The molecule has 11 nitrogen and oxygen atoms in total. The second kappa shape index (κ2) is 16.8. The number of fused-ring (bicyclic) bond motifs is 1. The van der Waals surface area contributed by atoms with Crippen LogP contribution < -0.4 is 5.32 Å². The second-order valence-electron chi connectivity index (χ2n) is 14.7. The summed E-state index contributed by atoms with van der Waals surface area (Å²) in [7, 11) is -2.42. The molecule has 0 aliphatic carbocycles. The summed E-state index contributed by atoms with van der Waals surface area (Å²) in [5, 5.41) is 15.2. The van der Waals surface area contributed by atoms with E-state index >= 15 is 0 Å². The first-order valence-corrected chi connectivity index (χ1v) is 20.5. The smallest absolute Gasteiger partial charge is 0.256 e. The number of nitrogens with zero attached hydrogens (tertiary/aromatic N) is 4. The van der Waals surface area contributed by atoms with Gasteiger partial charge >= 0.3 is 0 Å². The maximum absolute atomic E-state index is 13.1. The van der Waals surface area contributed by atoms with Gasteiger partial charge in [0.15, 0.2) is 31.5 Å². The third kappa shape index (κ3) is 8.13. The van der Waals surface area contributed by atoms with E-state index in [1.54, 1.807) is 35.2 Å². The SMILES string of the molecule is CC(C)[Si](OC[C@]1(COCc2ccccc2)O[C@@H](n2cnc3c(NC(=O)c4ccccc4)ncnc32)[C@H](O)[C@@H]1OCc1ccccc1)(C(C)C)C(C)C. The van der Waals surface area contributed by atoms with Gasteiger partial charge in [-0.3, -0.25) is 9.36 Å². The van der Waals surface area contributed by atoms with E-state index in [4.69, 9.17) is 18.6 Å². The minimum absolute atomic E-state index is 0.0909. The van der Waals surface area contributed by atoms with Crippen LogP contribution in [0.2, 0.25) is 16.6 Å². The number of ether oxygens (including phenoxy) is 3. The molecule has 1 aliphatic heterocycles. The fourth-order valence-corrected chi connectivity index (χ4v) is 13.4. The lowest BCUT2D eigenvalue weighted by atomic mass is 9.96. The zero-order valence-corrected chi connectivity index (χ0v) is 32.4. The third-order valence-corrected chi connectivity index (χ3v) is 16.4. The highest BCUT2D eigenvalue weighted by Gasteiger charge is 2.59. The predicted octanol–water partition coefficient (Wildman–Crippen LogP) is 7.70. The first-order valence-electron chi connectivity index (χ1n) is 18.4. The summed E-state index contributed by atoms with van der Waals surface area (Å²) < 4.78 is 29.1. The fourth-order valence-electron chi connectivity index (χ4n) is 7.91. The van der Waals surface area contributed by atoms with Crippen molar-refractivity contribution in [2.24, 2.45) is 0 Å². The van der Waals surface area contributed by atoms with Crippen LogP contribution in [0.15, 0.2) is 104 Å². The molecular formula is C41H51N5O6Si. The molecule has 2 aromatic heterocycles. The molecule has 0 unspecified atom stereocenters. The van der Waals surface area contributed by atoms with E-state index in [-0.39, 0.29) is 31.5 Å². The lowest BCUT2D eigenvalue weighted by Crippen LogP contribution is -2.57. The van der Waals surface area contributed by atoms with Gasteiger partial charge in [-0.15, -0.1) is 0 Å². The molecule has 1 saturated heterocycles. The number of imidazole rings is 1. The Kier molecular flexibility index (Phi) is 12.2. The van der Waals surface area contributed by atoms with Crippen molar-refractivity contribution in [3.05, 3.63) is 120 Å². The van der Waals surface area contributed by atoms with E-state index in [0.717, 1.165) is 11.1 Å². The summed E-state index contributed by atoms with van der Waals surface area (Å²) >= 11 is 0. The fraction of sp³-hybridized carbons (Fsp3) is 0.415. The number of amides is 1. The number of rotatable bonds is 16. The molecule has 0 radical (unpaired) electrons. The number of benzene rings is 3. The summed E-state index contributed by atoms with van der Waals surface area (Å²) in [4.78, 5) is 26.5. The quantitative estimate of drug-likeness (QED) is 0.0979. The largest absolute Gasteiger partial charge is 0.413 e. The van der Waals surface area contributed by atoms with Gasteiger partial charge in [0.2, 0.25) is 0 Å². The first kappa shape index (κ1) is 38.4. The van der Waals surface area contributed by atoms with Crippen molar-refractivity contribution in [3.63, 3.8) is 0 Å². The molecule has 53 heavy (non-hydrogen) atoms. The van der Waals surface area contributed by atoms with Crippen molar-refractivity contribution in [2.45, 2.75) is 95.4 Å². The zero-order valence-electron chi connectivity index (χ0n) is 31.4. The van der Waals surface area contributed by atoms with E-state index in [2.05, 4.69) is 61.8 Å². The number of aliphatic hydroxyl groups excluding tert-OH is 1. The molecule has 3 aromatic carbocycles. The highest BCUT2D eigenvalue weighted by Crippen LogP contribution is 2.46. The first-order chi connectivity index (χ1) is 25.6. The number of hydrogen-bond acceptors (Lipinski definition) is 9. The van der Waals surface area contributed by atoms with Gasteiger partial charge in [0.05, 0.1) is 32.8 Å². The predicted molar refractivity (Wildman–Crippen MR) is 207 cm³/mol. The number of nitrogens with one attached hydrogen (secondary N) is 1. The molecule has 0 spiro atoms. The van der Waals surface area contributed by atoms with Crippen molar-refractivity contribution in [2.75, 3.05) is 18.5 Å². The van der Waals surface area contributed by atoms with Crippen molar-refractivity contribution < 1.29 is 28.5 Å². The topological polar surface area (TPSA) is 130 Å². The Bertz CT molecular complexity index is 1910. The summed E-state index contributed by atoms with van der Waals surface area (Å²) in [6.07, 6.45) is -0.107. The van der Waals surface area contributed by atoms with Crippen molar-refractivity contribution in [3.8, 4) is 0 Å². The Morgan fingerprint density at radius 2 is 1.42 bits per heavy atom. The number of aliphatic hydroxyl groups is 1. The molecule has 1 aliphatic rings. The minimum Gasteiger partial charge on any atom is -0.413 e. The number of aromatic nitrogens is 4. The average molecular weight is 738 g/mol. The summed E-state index contributed by atoms with van der Waals surface area (Å²) in [6.45, 7) is 14.3. The van der Waals surface area contributed by atoms with Gasteiger partial charge in [-0.25, -0.2) is 15.0 Å². The molecule has 0 bridgehead atoms. The van der Waals surface area contributed by atoms with Crippen LogP contribution in [0.3, 0.4) is 0 Å². The van der Waals surface area contributed by atoms with Crippen molar-refractivity contribution >= 4 is 31.2 Å². The Labute approximate surface area is 312 Å². The second-order valence-corrected chi connectivity index (χ2v) is 20.2. The van der Waals surface area contributed by atoms with E-state index in [1.165, 1.54) is 6.33 Å². The van der Waals surface area contributed by atoms with Gasteiger partial charge < -0.3 is 29.1 Å². The summed E-state index contributed by atoms with van der Waals surface area (Å²) in [5.41, 5.74) is 2.91. The molecule has 2 N–H and O–H groups in total. The molecule has 0 saturated carbocycles. The van der Waals surface area contributed by atoms with E-state index in [1.807, 2.05) is 66.7 Å². The van der Waals surface area contributed by atoms with Gasteiger partial charge in [0.25, 0.3) is 5.91 Å². The van der Waals surface area contributed by atoms with Crippen LogP contribution >= 0.6 is 0 Å². The summed E-state index contributed by atoms with van der Waals surface area (Å²) in [5.74, 6) is -0.0825. The maximum Gasteiger partial charge on any atom is 0.256 e. The van der Waals surface area contributed by atoms with Crippen molar-refractivity contribution in [1.82, 2.24) is 19.5 Å². The van der Waals surface area contributed by atoms with E-state index in [0.29, 0.717) is 40.0 Å². The molecule has 280 valence electrons. The molecular weight excluding hydrogens is 687 g/mol. The molecule has 1 fully saturated rings. The van der Waals surface area contributed by atoms with Crippen LogP contribution in [-0.2, 0) is 31.9 Å². The number of carbonyl (C=O) groups is 1. The van der Waals surface area contributed by atoms with Gasteiger partial charge in [-0.1, -0.05) is 120 Å².